The molecule has 1 heterocycles. The average molecular weight is 125 g/mol. The number of hydrogen-bond acceptors (Lipinski definition) is 1. The van der Waals surface area contributed by atoms with Crippen LogP contribution in [-0.2, 0) is 0 Å². The van der Waals surface area contributed by atoms with Crippen LogP contribution in [0.25, 0.3) is 0 Å². The van der Waals surface area contributed by atoms with Crippen LogP contribution < -0.4 is 0 Å². The molecule has 9 heavy (non-hydrogen) atoms. The van der Waals surface area contributed by atoms with E-state index in [4.69, 9.17) is 0 Å². The normalized spacial score (nSPS) is 20.6. The van der Waals surface area contributed by atoms with Crippen molar-refractivity contribution in [3.05, 3.63) is 12.2 Å². The zero-order valence-corrected chi connectivity index (χ0v) is 6.14. The van der Waals surface area contributed by atoms with Crippen molar-refractivity contribution in [3.63, 3.8) is 0 Å². The zero-order valence-electron chi connectivity index (χ0n) is 6.14. The molecule has 0 aromatic carbocycles. The molecule has 0 aromatic rings. The highest BCUT2D eigenvalue weighted by atomic mass is 15.2. The van der Waals surface area contributed by atoms with Gasteiger partial charge in [0.1, 0.15) is 0 Å². The van der Waals surface area contributed by atoms with Crippen LogP contribution in [0.4, 0.5) is 0 Å². The van der Waals surface area contributed by atoms with Crippen molar-refractivity contribution in [3.8, 4) is 0 Å². The Balaban J connectivity index is 1.91. The van der Waals surface area contributed by atoms with Crippen LogP contribution in [0.3, 0.4) is 0 Å². The van der Waals surface area contributed by atoms with E-state index in [-0.39, 0.29) is 0 Å². The van der Waals surface area contributed by atoms with E-state index >= 15 is 0 Å². The second kappa shape index (κ2) is 3.67. The monoisotopic (exact) mass is 125 g/mol. The van der Waals surface area contributed by atoms with E-state index in [9.17, 15) is 0 Å². The number of allylic oxidation sites excluding steroid dienone is 1. The average Bonchev–Trinajstić information content (AvgIpc) is 1.76. The van der Waals surface area contributed by atoms with Gasteiger partial charge in [0.05, 0.1) is 0 Å². The van der Waals surface area contributed by atoms with Crippen LogP contribution >= 0.6 is 0 Å². The molecule has 0 bridgehead atoms. The third-order valence-corrected chi connectivity index (χ3v) is 1.80. The molecule has 0 N–H and O–H groups in total. The van der Waals surface area contributed by atoms with Crippen molar-refractivity contribution < 1.29 is 0 Å². The first-order valence-electron chi connectivity index (χ1n) is 3.77. The predicted molar refractivity (Wildman–Crippen MR) is 40.5 cm³/mol. The van der Waals surface area contributed by atoms with Crippen molar-refractivity contribution in [2.45, 2.75) is 19.8 Å². The van der Waals surface area contributed by atoms with Crippen LogP contribution in [-0.4, -0.2) is 24.5 Å². The Morgan fingerprint density at radius 3 is 2.67 bits per heavy atom. The molecule has 0 atom stereocenters. The van der Waals surface area contributed by atoms with Crippen molar-refractivity contribution in [1.82, 2.24) is 4.90 Å². The van der Waals surface area contributed by atoms with Crippen LogP contribution in [0.15, 0.2) is 12.2 Å². The quantitative estimate of drug-likeness (QED) is 0.518. The lowest BCUT2D eigenvalue weighted by atomic mass is 10.2. The minimum Gasteiger partial charge on any atom is -0.303 e. The van der Waals surface area contributed by atoms with Gasteiger partial charge in [-0.15, -0.1) is 0 Å². The van der Waals surface area contributed by atoms with Gasteiger partial charge in [0.15, 0.2) is 0 Å². The maximum absolute atomic E-state index is 2.49. The molecule has 1 nitrogen and oxygen atoms in total. The van der Waals surface area contributed by atoms with Gasteiger partial charge in [-0.2, -0.15) is 0 Å². The second-order valence-electron chi connectivity index (χ2n) is 2.55. The Labute approximate surface area is 57.4 Å². The Hall–Kier alpha value is -0.300. The van der Waals surface area contributed by atoms with Crippen LogP contribution in [0.1, 0.15) is 19.8 Å². The van der Waals surface area contributed by atoms with Gasteiger partial charge >= 0.3 is 0 Å². The molecule has 0 aromatic heterocycles. The SMILES string of the molecule is C/C=C\CCN1CCC1. The second-order valence-corrected chi connectivity index (χ2v) is 2.55. The van der Waals surface area contributed by atoms with E-state index in [1.54, 1.807) is 0 Å². The maximum Gasteiger partial charge on any atom is 0.00159 e. The molecule has 1 heteroatoms. The Morgan fingerprint density at radius 2 is 2.22 bits per heavy atom. The molecule has 0 saturated carbocycles. The summed E-state index contributed by atoms with van der Waals surface area (Å²) in [6.07, 6.45) is 7.00. The van der Waals surface area contributed by atoms with Crippen molar-refractivity contribution >= 4 is 0 Å². The highest BCUT2D eigenvalue weighted by Crippen LogP contribution is 2.05. The lowest BCUT2D eigenvalue weighted by molar-refractivity contribution is 0.185. The van der Waals surface area contributed by atoms with Crippen LogP contribution in [0.5, 0.6) is 0 Å². The van der Waals surface area contributed by atoms with Crippen molar-refractivity contribution in [2.24, 2.45) is 0 Å². The number of hydrogen-bond donors (Lipinski definition) is 0. The molecule has 1 fully saturated rings. The topological polar surface area (TPSA) is 3.24 Å². The standard InChI is InChI=1S/C8H15N/c1-2-3-4-6-9-7-5-8-9/h2-3H,4-8H2,1H3/b3-2-. The van der Waals surface area contributed by atoms with Crippen LogP contribution in [0, 0.1) is 0 Å². The van der Waals surface area contributed by atoms with Crippen molar-refractivity contribution in [1.29, 1.82) is 0 Å². The molecule has 1 aliphatic heterocycles. The maximum atomic E-state index is 2.49. The van der Waals surface area contributed by atoms with Gasteiger partial charge in [0.25, 0.3) is 0 Å². The van der Waals surface area contributed by atoms with Gasteiger partial charge in [-0.05, 0) is 32.9 Å². The molecule has 1 rings (SSSR count). The summed E-state index contributed by atoms with van der Waals surface area (Å²) in [5.41, 5.74) is 0. The summed E-state index contributed by atoms with van der Waals surface area (Å²) < 4.78 is 0. The Morgan fingerprint density at radius 1 is 1.44 bits per heavy atom. The minimum atomic E-state index is 1.23. The highest BCUT2D eigenvalue weighted by Gasteiger charge is 2.10. The zero-order chi connectivity index (χ0) is 6.53. The summed E-state index contributed by atoms with van der Waals surface area (Å²) in [4.78, 5) is 2.49. The number of nitrogens with zero attached hydrogens (tertiary/aromatic N) is 1. The van der Waals surface area contributed by atoms with E-state index in [2.05, 4.69) is 24.0 Å². The molecule has 0 unspecified atom stereocenters. The van der Waals surface area contributed by atoms with Gasteiger partial charge in [0.2, 0.25) is 0 Å². The van der Waals surface area contributed by atoms with Gasteiger partial charge in [-0.25, -0.2) is 0 Å². The van der Waals surface area contributed by atoms with E-state index in [0.29, 0.717) is 0 Å². The summed E-state index contributed by atoms with van der Waals surface area (Å²) >= 11 is 0. The number of rotatable bonds is 3. The molecule has 0 spiro atoms. The van der Waals surface area contributed by atoms with E-state index < -0.39 is 0 Å². The summed E-state index contributed by atoms with van der Waals surface area (Å²) in [6, 6.07) is 0. The van der Waals surface area contributed by atoms with E-state index in [1.165, 1.54) is 32.5 Å². The first-order chi connectivity index (χ1) is 4.43. The Bertz CT molecular complexity index is 92.7. The van der Waals surface area contributed by atoms with Crippen molar-refractivity contribution in [2.75, 3.05) is 19.6 Å². The molecule has 0 aliphatic carbocycles. The summed E-state index contributed by atoms with van der Waals surface area (Å²) in [7, 11) is 0. The Kier molecular flexibility index (Phi) is 2.78. The van der Waals surface area contributed by atoms with Gasteiger partial charge in [-0.3, -0.25) is 0 Å². The lowest BCUT2D eigenvalue weighted by Crippen LogP contribution is -2.37. The van der Waals surface area contributed by atoms with E-state index in [1.807, 2.05) is 0 Å². The first kappa shape index (κ1) is 6.81. The fourth-order valence-corrected chi connectivity index (χ4v) is 1.03. The number of likely N-dealkylation sites (tertiary alicyclic amines) is 1. The largest absolute Gasteiger partial charge is 0.303 e. The molecular weight excluding hydrogens is 110 g/mol. The molecule has 0 amide bonds. The summed E-state index contributed by atoms with van der Waals surface area (Å²) in [5, 5.41) is 0. The smallest absolute Gasteiger partial charge is 0.00159 e. The lowest BCUT2D eigenvalue weighted by Gasteiger charge is -2.29. The fraction of sp³-hybridized carbons (Fsp3) is 0.750. The molecule has 52 valence electrons. The predicted octanol–water partition coefficient (Wildman–Crippen LogP) is 1.66. The third kappa shape index (κ3) is 2.19. The highest BCUT2D eigenvalue weighted by molar-refractivity contribution is 4.79. The van der Waals surface area contributed by atoms with Gasteiger partial charge < -0.3 is 4.90 Å². The minimum absolute atomic E-state index is 1.23. The summed E-state index contributed by atoms with van der Waals surface area (Å²) in [6.45, 7) is 6.01. The first-order valence-corrected chi connectivity index (χ1v) is 3.77. The summed E-state index contributed by atoms with van der Waals surface area (Å²) in [5.74, 6) is 0. The van der Waals surface area contributed by atoms with Gasteiger partial charge in [0, 0.05) is 6.54 Å². The van der Waals surface area contributed by atoms with Crippen LogP contribution in [0.2, 0.25) is 0 Å². The van der Waals surface area contributed by atoms with E-state index in [0.717, 1.165) is 0 Å². The fourth-order valence-electron chi connectivity index (χ4n) is 1.03. The molecular formula is C8H15N. The molecule has 1 aliphatic rings. The molecule has 0 radical (unpaired) electrons. The molecule has 1 saturated heterocycles. The third-order valence-electron chi connectivity index (χ3n) is 1.80. The van der Waals surface area contributed by atoms with Gasteiger partial charge in [-0.1, -0.05) is 12.2 Å².